The van der Waals surface area contributed by atoms with Crippen LogP contribution in [0.2, 0.25) is 0 Å². The maximum Gasteiger partial charge on any atom is 0.202 e. The van der Waals surface area contributed by atoms with Gasteiger partial charge in [-0.05, 0) is 19.3 Å². The minimum absolute atomic E-state index is 0.281. The zero-order valence-corrected chi connectivity index (χ0v) is 10.9. The molecule has 1 fully saturated rings. The quantitative estimate of drug-likeness (QED) is 0.870. The molecule has 1 aliphatic heterocycles. The third-order valence-corrected chi connectivity index (χ3v) is 3.60. The van der Waals surface area contributed by atoms with Crippen LogP contribution in [0.25, 0.3) is 11.2 Å². The lowest BCUT2D eigenvalue weighted by Gasteiger charge is -2.24. The van der Waals surface area contributed by atoms with Crippen LogP contribution in [0, 0.1) is 0 Å². The summed E-state index contributed by atoms with van der Waals surface area (Å²) in [5.41, 5.74) is 9.03. The van der Waals surface area contributed by atoms with Crippen LogP contribution in [0.15, 0.2) is 0 Å². The molecule has 3 rings (SSSR count). The Bertz CT molecular complexity index is 565. The second-order valence-corrected chi connectivity index (χ2v) is 4.81. The van der Waals surface area contributed by atoms with Gasteiger partial charge in [0.05, 0.1) is 18.3 Å². The summed E-state index contributed by atoms with van der Waals surface area (Å²) in [6.45, 7) is 3.64. The first-order valence-electron chi connectivity index (χ1n) is 6.49. The monoisotopic (exact) mass is 249 g/mol. The number of fused-ring (bicyclic) bond motifs is 1. The average molecular weight is 249 g/mol. The molecule has 1 saturated heterocycles. The van der Waals surface area contributed by atoms with Gasteiger partial charge in [0.25, 0.3) is 0 Å². The number of hydrogen-bond acceptors (Lipinski definition) is 4. The van der Waals surface area contributed by atoms with E-state index >= 15 is 0 Å². The van der Waals surface area contributed by atoms with Crippen LogP contribution in [0.3, 0.4) is 0 Å². The summed E-state index contributed by atoms with van der Waals surface area (Å²) in [6, 6.07) is 0.281. The Balaban J connectivity index is 2.15. The Labute approximate surface area is 106 Å². The molecule has 0 amide bonds. The molecule has 18 heavy (non-hydrogen) atoms. The van der Waals surface area contributed by atoms with E-state index in [2.05, 4.69) is 21.6 Å². The summed E-state index contributed by atoms with van der Waals surface area (Å²) >= 11 is 0. The van der Waals surface area contributed by atoms with Crippen molar-refractivity contribution in [2.24, 2.45) is 7.05 Å². The lowest BCUT2D eigenvalue weighted by molar-refractivity contribution is 0.0608. The normalized spacial score (nSPS) is 20.7. The van der Waals surface area contributed by atoms with Gasteiger partial charge in [0.1, 0.15) is 5.52 Å². The molecule has 6 nitrogen and oxygen atoms in total. The molecule has 0 radical (unpaired) electrons. The second-order valence-electron chi connectivity index (χ2n) is 4.81. The van der Waals surface area contributed by atoms with E-state index < -0.39 is 0 Å². The zero-order chi connectivity index (χ0) is 12.7. The van der Waals surface area contributed by atoms with E-state index in [4.69, 9.17) is 10.5 Å². The fourth-order valence-corrected chi connectivity index (χ4v) is 2.75. The van der Waals surface area contributed by atoms with Crippen LogP contribution in [-0.2, 0) is 18.2 Å². The first-order chi connectivity index (χ1) is 8.72. The third-order valence-electron chi connectivity index (χ3n) is 3.60. The SMILES string of the molecule is CCc1nn(C)c2c1nc(N)n2C1CCCOC1. The van der Waals surface area contributed by atoms with E-state index in [-0.39, 0.29) is 6.04 Å². The predicted molar refractivity (Wildman–Crippen MR) is 69.4 cm³/mol. The van der Waals surface area contributed by atoms with E-state index in [0.29, 0.717) is 12.6 Å². The zero-order valence-electron chi connectivity index (χ0n) is 10.9. The van der Waals surface area contributed by atoms with E-state index in [9.17, 15) is 0 Å². The Morgan fingerprint density at radius 3 is 3.00 bits per heavy atom. The molecule has 98 valence electrons. The van der Waals surface area contributed by atoms with Crippen molar-refractivity contribution in [3.63, 3.8) is 0 Å². The first kappa shape index (κ1) is 11.5. The van der Waals surface area contributed by atoms with Gasteiger partial charge in [0.2, 0.25) is 5.95 Å². The highest BCUT2D eigenvalue weighted by molar-refractivity contribution is 5.78. The maximum atomic E-state index is 6.08. The van der Waals surface area contributed by atoms with Crippen molar-refractivity contribution in [2.75, 3.05) is 18.9 Å². The number of imidazole rings is 1. The van der Waals surface area contributed by atoms with E-state index in [1.807, 2.05) is 11.7 Å². The number of rotatable bonds is 2. The van der Waals surface area contributed by atoms with Crippen molar-refractivity contribution in [3.8, 4) is 0 Å². The summed E-state index contributed by atoms with van der Waals surface area (Å²) in [5.74, 6) is 0.572. The Morgan fingerprint density at radius 1 is 1.50 bits per heavy atom. The summed E-state index contributed by atoms with van der Waals surface area (Å²) in [6.07, 6.45) is 3.03. The summed E-state index contributed by atoms with van der Waals surface area (Å²) < 4.78 is 9.51. The molecule has 0 aliphatic carbocycles. The smallest absolute Gasteiger partial charge is 0.202 e. The van der Waals surface area contributed by atoms with Crippen LogP contribution >= 0.6 is 0 Å². The minimum Gasteiger partial charge on any atom is -0.379 e. The molecular formula is C12H19N5O. The summed E-state index contributed by atoms with van der Waals surface area (Å²) in [7, 11) is 1.95. The highest BCUT2D eigenvalue weighted by atomic mass is 16.5. The van der Waals surface area contributed by atoms with Gasteiger partial charge in [-0.1, -0.05) is 6.92 Å². The van der Waals surface area contributed by atoms with Gasteiger partial charge in [0.15, 0.2) is 5.65 Å². The Morgan fingerprint density at radius 2 is 2.33 bits per heavy atom. The minimum atomic E-state index is 0.281. The fraction of sp³-hybridized carbons (Fsp3) is 0.667. The van der Waals surface area contributed by atoms with Gasteiger partial charge >= 0.3 is 0 Å². The van der Waals surface area contributed by atoms with Crippen LogP contribution in [0.5, 0.6) is 0 Å². The Hall–Kier alpha value is -1.56. The number of aromatic nitrogens is 4. The highest BCUT2D eigenvalue weighted by Crippen LogP contribution is 2.29. The van der Waals surface area contributed by atoms with Crippen molar-refractivity contribution in [2.45, 2.75) is 32.2 Å². The molecule has 0 bridgehead atoms. The van der Waals surface area contributed by atoms with Gasteiger partial charge in [0, 0.05) is 13.7 Å². The van der Waals surface area contributed by atoms with Gasteiger partial charge in [-0.2, -0.15) is 5.10 Å². The van der Waals surface area contributed by atoms with Crippen LogP contribution in [-0.4, -0.2) is 32.5 Å². The summed E-state index contributed by atoms with van der Waals surface area (Å²) in [4.78, 5) is 4.48. The third kappa shape index (κ3) is 1.59. The Kier molecular flexibility index (Phi) is 2.74. The van der Waals surface area contributed by atoms with Crippen LogP contribution < -0.4 is 5.73 Å². The first-order valence-corrected chi connectivity index (χ1v) is 6.49. The fourth-order valence-electron chi connectivity index (χ4n) is 2.75. The number of nitrogens with two attached hydrogens (primary N) is 1. The van der Waals surface area contributed by atoms with Crippen molar-refractivity contribution >= 4 is 17.1 Å². The second kappa shape index (κ2) is 4.28. The standard InChI is InChI=1S/C12H19N5O/c1-3-9-10-11(16(2)15-9)17(12(13)14-10)8-5-4-6-18-7-8/h8H,3-7H2,1-2H3,(H2,13,14). The van der Waals surface area contributed by atoms with Crippen LogP contribution in [0.4, 0.5) is 5.95 Å². The van der Waals surface area contributed by atoms with Gasteiger partial charge < -0.3 is 10.5 Å². The molecule has 2 aromatic rings. The number of hydrogen-bond donors (Lipinski definition) is 1. The molecule has 1 unspecified atom stereocenters. The molecule has 0 saturated carbocycles. The van der Waals surface area contributed by atoms with E-state index in [1.165, 1.54) is 0 Å². The van der Waals surface area contributed by atoms with Crippen molar-refractivity contribution in [1.29, 1.82) is 0 Å². The number of anilines is 1. The average Bonchev–Trinajstić information content (AvgIpc) is 2.87. The number of aryl methyl sites for hydroxylation is 2. The molecule has 0 aromatic carbocycles. The van der Waals surface area contributed by atoms with Gasteiger partial charge in [-0.25, -0.2) is 4.98 Å². The van der Waals surface area contributed by atoms with Crippen molar-refractivity contribution < 1.29 is 4.74 Å². The molecule has 3 heterocycles. The molecule has 6 heteroatoms. The molecule has 1 atom stereocenters. The predicted octanol–water partition coefficient (Wildman–Crippen LogP) is 1.27. The van der Waals surface area contributed by atoms with Crippen molar-refractivity contribution in [3.05, 3.63) is 5.69 Å². The number of ether oxygens (including phenoxy) is 1. The van der Waals surface area contributed by atoms with Gasteiger partial charge in [-0.15, -0.1) is 0 Å². The van der Waals surface area contributed by atoms with Gasteiger partial charge in [-0.3, -0.25) is 9.25 Å². The maximum absolute atomic E-state index is 6.08. The van der Waals surface area contributed by atoms with E-state index in [0.717, 1.165) is 42.7 Å². The topological polar surface area (TPSA) is 70.9 Å². The molecule has 0 spiro atoms. The lowest BCUT2D eigenvalue weighted by atomic mass is 10.1. The molecule has 2 aromatic heterocycles. The molecular weight excluding hydrogens is 230 g/mol. The van der Waals surface area contributed by atoms with E-state index in [1.54, 1.807) is 0 Å². The largest absolute Gasteiger partial charge is 0.379 e. The van der Waals surface area contributed by atoms with Crippen molar-refractivity contribution in [1.82, 2.24) is 19.3 Å². The number of nitrogen functional groups attached to an aromatic ring is 1. The summed E-state index contributed by atoms with van der Waals surface area (Å²) in [5, 5.41) is 4.50. The highest BCUT2D eigenvalue weighted by Gasteiger charge is 2.24. The lowest BCUT2D eigenvalue weighted by Crippen LogP contribution is -2.23. The van der Waals surface area contributed by atoms with Crippen LogP contribution in [0.1, 0.15) is 31.5 Å². The molecule has 2 N–H and O–H groups in total. The number of nitrogens with zero attached hydrogens (tertiary/aromatic N) is 4. The molecule has 1 aliphatic rings.